The lowest BCUT2D eigenvalue weighted by molar-refractivity contribution is 0.0700. The largest absolute Gasteiger partial charge is 0.493 e. The lowest BCUT2D eigenvalue weighted by Gasteiger charge is -2.34. The van der Waals surface area contributed by atoms with Gasteiger partial charge in [0.2, 0.25) is 5.95 Å². The minimum Gasteiger partial charge on any atom is -0.493 e. The number of carbonyl (C=O) groups excluding carboxylic acids is 1. The molecule has 0 spiro atoms. The molecule has 1 aliphatic rings. The summed E-state index contributed by atoms with van der Waals surface area (Å²) in [4.78, 5) is 25.5. The van der Waals surface area contributed by atoms with E-state index in [1.165, 1.54) is 11.8 Å². The molecule has 3 heterocycles. The van der Waals surface area contributed by atoms with Crippen molar-refractivity contribution in [2.24, 2.45) is 0 Å². The van der Waals surface area contributed by atoms with E-state index in [-0.39, 0.29) is 17.0 Å². The number of amides is 1. The van der Waals surface area contributed by atoms with E-state index in [0.717, 1.165) is 0 Å². The van der Waals surface area contributed by atoms with Gasteiger partial charge in [0, 0.05) is 42.9 Å². The van der Waals surface area contributed by atoms with Crippen molar-refractivity contribution >= 4 is 40.3 Å². The van der Waals surface area contributed by atoms with Gasteiger partial charge < -0.3 is 29.4 Å². The molecule has 4 rings (SSSR count). The lowest BCUT2D eigenvalue weighted by atomic mass is 10.2. The fraction of sp³-hybridized carbons (Fsp3) is 0.450. The van der Waals surface area contributed by atoms with Crippen LogP contribution in [-0.4, -0.2) is 76.6 Å². The first-order chi connectivity index (χ1) is 15.4. The number of piperazine rings is 1. The van der Waals surface area contributed by atoms with Crippen LogP contribution >= 0.6 is 11.8 Å². The van der Waals surface area contributed by atoms with Gasteiger partial charge in [-0.25, -0.2) is 4.98 Å². The molecule has 0 unspecified atom stereocenters. The van der Waals surface area contributed by atoms with Crippen molar-refractivity contribution in [1.82, 2.24) is 25.1 Å². The molecule has 0 atom stereocenters. The number of rotatable bonds is 6. The van der Waals surface area contributed by atoms with Crippen molar-refractivity contribution in [1.29, 1.82) is 0 Å². The van der Waals surface area contributed by atoms with Gasteiger partial charge in [-0.05, 0) is 6.07 Å². The molecule has 12 heteroatoms. The maximum Gasteiger partial charge on any atom is 0.311 e. The third-order valence-corrected chi connectivity index (χ3v) is 5.83. The van der Waals surface area contributed by atoms with Gasteiger partial charge in [0.15, 0.2) is 11.5 Å². The molecule has 1 amide bonds. The highest BCUT2D eigenvalue weighted by Crippen LogP contribution is 2.34. The van der Waals surface area contributed by atoms with E-state index in [0.29, 0.717) is 65.6 Å². The van der Waals surface area contributed by atoms with Crippen molar-refractivity contribution in [2.45, 2.75) is 24.3 Å². The summed E-state index contributed by atoms with van der Waals surface area (Å²) in [7, 11) is 3.13. The van der Waals surface area contributed by atoms with Crippen molar-refractivity contribution in [3.05, 3.63) is 18.0 Å². The molecular weight excluding hydrogens is 434 g/mol. The van der Waals surface area contributed by atoms with Crippen molar-refractivity contribution in [3.63, 3.8) is 0 Å². The molecule has 1 aromatic carbocycles. The zero-order chi connectivity index (χ0) is 22.8. The quantitative estimate of drug-likeness (QED) is 0.543. The summed E-state index contributed by atoms with van der Waals surface area (Å²) in [6.07, 6.45) is 0. The van der Waals surface area contributed by atoms with Gasteiger partial charge in [-0.2, -0.15) is 4.98 Å². The van der Waals surface area contributed by atoms with E-state index in [1.807, 2.05) is 18.7 Å². The Kier molecular flexibility index (Phi) is 6.21. The van der Waals surface area contributed by atoms with Gasteiger partial charge in [-0.15, -0.1) is 10.2 Å². The normalized spacial score (nSPS) is 14.3. The monoisotopic (exact) mass is 459 g/mol. The molecule has 1 saturated heterocycles. The van der Waals surface area contributed by atoms with Crippen molar-refractivity contribution in [3.8, 4) is 11.5 Å². The Balaban J connectivity index is 1.48. The van der Waals surface area contributed by atoms with Gasteiger partial charge in [0.25, 0.3) is 5.22 Å². The predicted octanol–water partition coefficient (Wildman–Crippen LogP) is 2.08. The minimum atomic E-state index is -0.275. The van der Waals surface area contributed by atoms with Crippen LogP contribution in [-0.2, 0) is 0 Å². The van der Waals surface area contributed by atoms with Gasteiger partial charge in [-0.1, -0.05) is 25.6 Å². The van der Waals surface area contributed by atoms with Crippen LogP contribution in [0.5, 0.6) is 11.5 Å². The smallest absolute Gasteiger partial charge is 0.311 e. The van der Waals surface area contributed by atoms with E-state index in [4.69, 9.17) is 19.6 Å². The zero-order valence-electron chi connectivity index (χ0n) is 18.4. The summed E-state index contributed by atoms with van der Waals surface area (Å²) in [5.74, 6) is 1.71. The molecule has 0 aliphatic carbocycles. The van der Waals surface area contributed by atoms with E-state index in [9.17, 15) is 4.79 Å². The minimum absolute atomic E-state index is 0.00819. The number of carbonyl (C=O) groups is 1. The number of ether oxygens (including phenoxy) is 2. The topological polar surface area (TPSA) is 133 Å². The summed E-state index contributed by atoms with van der Waals surface area (Å²) in [5, 5.41) is 9.20. The first-order valence-electron chi connectivity index (χ1n) is 10.1. The number of aromatic nitrogens is 4. The summed E-state index contributed by atoms with van der Waals surface area (Å²) in [6.45, 7) is 6.08. The van der Waals surface area contributed by atoms with Gasteiger partial charge in [0.05, 0.1) is 19.7 Å². The van der Waals surface area contributed by atoms with E-state index < -0.39 is 0 Å². The predicted molar refractivity (Wildman–Crippen MR) is 120 cm³/mol. The molecular formula is C20H25N7O4S. The Bertz CT molecular complexity index is 1130. The first kappa shape index (κ1) is 21.9. The Hall–Kier alpha value is -3.28. The van der Waals surface area contributed by atoms with Crippen LogP contribution in [0.1, 0.15) is 24.5 Å². The summed E-state index contributed by atoms with van der Waals surface area (Å²) in [6, 6.07) is 3.54. The van der Waals surface area contributed by atoms with Gasteiger partial charge >= 0.3 is 11.8 Å². The second-order valence-electron chi connectivity index (χ2n) is 7.45. The van der Waals surface area contributed by atoms with Gasteiger partial charge in [0.1, 0.15) is 5.82 Å². The number of nitrogens with zero attached hydrogens (tertiary/aromatic N) is 6. The highest BCUT2D eigenvalue weighted by Gasteiger charge is 2.27. The first-order valence-corrected chi connectivity index (χ1v) is 11.0. The molecule has 170 valence electrons. The fourth-order valence-corrected chi connectivity index (χ4v) is 4.02. The summed E-state index contributed by atoms with van der Waals surface area (Å²) < 4.78 is 16.2. The average molecular weight is 460 g/mol. The number of benzene rings is 1. The Morgan fingerprint density at radius 3 is 2.44 bits per heavy atom. The zero-order valence-corrected chi connectivity index (χ0v) is 19.2. The molecule has 32 heavy (non-hydrogen) atoms. The summed E-state index contributed by atoms with van der Waals surface area (Å²) in [5.41, 5.74) is 6.86. The number of hydrogen-bond acceptors (Lipinski definition) is 11. The average Bonchev–Trinajstić information content (AvgIpc) is 3.25. The van der Waals surface area contributed by atoms with E-state index >= 15 is 0 Å². The highest BCUT2D eigenvalue weighted by atomic mass is 32.2. The number of methoxy groups -OCH3 is 2. The summed E-state index contributed by atoms with van der Waals surface area (Å²) >= 11 is 1.42. The number of hydrogen-bond donors (Lipinski definition) is 1. The van der Waals surface area contributed by atoms with Gasteiger partial charge in [-0.3, -0.25) is 4.79 Å². The second-order valence-corrected chi connectivity index (χ2v) is 8.98. The Morgan fingerprint density at radius 1 is 1.09 bits per heavy atom. The standard InChI is InChI=1S/C20H25N7O4S/c1-11(2)32-20-25-24-17(31-20)18(28)26-5-7-27(8-6-26)19-22-13-10-15(30-4)14(29-3)9-12(13)16(21)23-19/h9-11H,5-8H2,1-4H3,(H2,21,22,23). The highest BCUT2D eigenvalue weighted by molar-refractivity contribution is 7.99. The van der Waals surface area contributed by atoms with Crippen LogP contribution in [0.3, 0.4) is 0 Å². The van der Waals surface area contributed by atoms with Crippen molar-refractivity contribution in [2.75, 3.05) is 51.0 Å². The maximum absolute atomic E-state index is 12.7. The molecule has 3 aromatic rings. The molecule has 0 saturated carbocycles. The van der Waals surface area contributed by atoms with Crippen LogP contribution in [0, 0.1) is 0 Å². The van der Waals surface area contributed by atoms with Crippen LogP contribution in [0.25, 0.3) is 10.9 Å². The van der Waals surface area contributed by atoms with Crippen LogP contribution in [0.15, 0.2) is 21.8 Å². The van der Waals surface area contributed by atoms with Crippen LogP contribution in [0.2, 0.25) is 0 Å². The molecule has 2 N–H and O–H groups in total. The number of thioether (sulfide) groups is 1. The third kappa shape index (κ3) is 4.35. The number of nitrogen functional groups attached to an aromatic ring is 1. The SMILES string of the molecule is COc1cc2nc(N3CCN(C(=O)c4nnc(SC(C)C)o4)CC3)nc(N)c2cc1OC. The lowest BCUT2D eigenvalue weighted by Crippen LogP contribution is -2.49. The Labute approximate surface area is 189 Å². The molecule has 1 fully saturated rings. The molecule has 0 bridgehead atoms. The van der Waals surface area contributed by atoms with Crippen LogP contribution < -0.4 is 20.1 Å². The second kappa shape index (κ2) is 9.07. The molecule has 2 aromatic heterocycles. The third-order valence-electron chi connectivity index (χ3n) is 4.99. The number of nitrogens with two attached hydrogens (primary N) is 1. The molecule has 11 nitrogen and oxygen atoms in total. The maximum atomic E-state index is 12.7. The molecule has 0 radical (unpaired) electrons. The number of anilines is 2. The van der Waals surface area contributed by atoms with Crippen LogP contribution in [0.4, 0.5) is 11.8 Å². The molecule has 1 aliphatic heterocycles. The van der Waals surface area contributed by atoms with Crippen molar-refractivity contribution < 1.29 is 18.7 Å². The fourth-order valence-electron chi connectivity index (χ4n) is 3.40. The van der Waals surface area contributed by atoms with E-state index in [2.05, 4.69) is 20.2 Å². The number of fused-ring (bicyclic) bond motifs is 1. The Morgan fingerprint density at radius 2 is 1.78 bits per heavy atom. The van der Waals surface area contributed by atoms with E-state index in [1.54, 1.807) is 31.3 Å².